The average molecular weight is 230 g/mol. The third-order valence-electron chi connectivity index (χ3n) is 2.19. The molecule has 0 saturated carbocycles. The molecule has 0 bridgehead atoms. The molecule has 2 amide bonds. The van der Waals surface area contributed by atoms with Crippen molar-refractivity contribution in [2.75, 3.05) is 6.61 Å². The molecule has 0 aromatic carbocycles. The van der Waals surface area contributed by atoms with E-state index in [1.54, 1.807) is 0 Å². The molecule has 0 unspecified atom stereocenters. The predicted molar refractivity (Wildman–Crippen MR) is 52.2 cm³/mol. The molecule has 0 aromatic heterocycles. The first-order chi connectivity index (χ1) is 7.45. The minimum Gasteiger partial charge on any atom is -0.456 e. The van der Waals surface area contributed by atoms with Crippen LogP contribution in [-0.2, 0) is 19.1 Å². The van der Waals surface area contributed by atoms with Gasteiger partial charge in [-0.05, 0) is 0 Å². The summed E-state index contributed by atoms with van der Waals surface area (Å²) < 4.78 is 4.82. The highest BCUT2D eigenvalue weighted by Gasteiger charge is 2.45. The summed E-state index contributed by atoms with van der Waals surface area (Å²) in [7, 11) is 0. The predicted octanol–water partition coefficient (Wildman–Crippen LogP) is -2.09. The summed E-state index contributed by atoms with van der Waals surface area (Å²) in [6.45, 7) is 2.12. The van der Waals surface area contributed by atoms with Gasteiger partial charge in [0.25, 0.3) is 0 Å². The fourth-order valence-corrected chi connectivity index (χ4v) is 1.59. The first-order valence-corrected chi connectivity index (χ1v) is 4.81. The number of ether oxygens (including phenoxy) is 1. The maximum atomic E-state index is 11.4. The standard InChI is InChI=1S/C9H14N2O5/c1-4(13)10-7-6(3-12)16-9(15)8(7)11-5(2)14/h6-8,12H,3H2,1-2H3,(H,10,13)(H,11,14)/t6-,7+,8-/m1/s1. The van der Waals surface area contributed by atoms with Gasteiger partial charge in [0.1, 0.15) is 6.10 Å². The fraction of sp³-hybridized carbons (Fsp3) is 0.667. The smallest absolute Gasteiger partial charge is 0.331 e. The zero-order valence-electron chi connectivity index (χ0n) is 9.02. The summed E-state index contributed by atoms with van der Waals surface area (Å²) in [4.78, 5) is 33.2. The maximum absolute atomic E-state index is 11.4. The van der Waals surface area contributed by atoms with Crippen molar-refractivity contribution in [2.24, 2.45) is 0 Å². The highest BCUT2D eigenvalue weighted by Crippen LogP contribution is 2.15. The number of aliphatic hydroxyl groups is 1. The summed E-state index contributed by atoms with van der Waals surface area (Å²) in [6.07, 6.45) is -0.826. The van der Waals surface area contributed by atoms with Crippen LogP contribution in [0.2, 0.25) is 0 Å². The van der Waals surface area contributed by atoms with Crippen molar-refractivity contribution < 1.29 is 24.2 Å². The number of esters is 1. The third-order valence-corrected chi connectivity index (χ3v) is 2.19. The lowest BCUT2D eigenvalue weighted by Gasteiger charge is -2.20. The van der Waals surface area contributed by atoms with E-state index in [0.717, 1.165) is 0 Å². The Morgan fingerprint density at radius 1 is 1.31 bits per heavy atom. The second-order valence-electron chi connectivity index (χ2n) is 3.56. The Morgan fingerprint density at radius 3 is 2.31 bits per heavy atom. The second kappa shape index (κ2) is 4.93. The molecule has 1 saturated heterocycles. The van der Waals surface area contributed by atoms with Crippen LogP contribution >= 0.6 is 0 Å². The lowest BCUT2D eigenvalue weighted by molar-refractivity contribution is -0.145. The Bertz CT molecular complexity index is 317. The van der Waals surface area contributed by atoms with Gasteiger partial charge in [-0.25, -0.2) is 4.79 Å². The molecule has 7 nitrogen and oxygen atoms in total. The first kappa shape index (κ1) is 12.4. The third kappa shape index (κ3) is 2.69. The van der Waals surface area contributed by atoms with Crippen molar-refractivity contribution >= 4 is 17.8 Å². The highest BCUT2D eigenvalue weighted by molar-refractivity contribution is 5.87. The quantitative estimate of drug-likeness (QED) is 0.482. The molecule has 3 atom stereocenters. The Kier molecular flexibility index (Phi) is 3.83. The van der Waals surface area contributed by atoms with Gasteiger partial charge in [0, 0.05) is 13.8 Å². The topological polar surface area (TPSA) is 105 Å². The minimum atomic E-state index is -0.946. The van der Waals surface area contributed by atoms with Gasteiger partial charge in [0.2, 0.25) is 11.8 Å². The number of hydrogen-bond acceptors (Lipinski definition) is 5. The Balaban J connectivity index is 2.80. The van der Waals surface area contributed by atoms with Crippen molar-refractivity contribution in [2.45, 2.75) is 32.0 Å². The van der Waals surface area contributed by atoms with E-state index in [9.17, 15) is 14.4 Å². The average Bonchev–Trinajstić information content (AvgIpc) is 2.44. The molecule has 0 aliphatic carbocycles. The molecule has 1 rings (SSSR count). The van der Waals surface area contributed by atoms with Crippen LogP contribution in [0, 0.1) is 0 Å². The molecule has 0 aromatic rings. The second-order valence-corrected chi connectivity index (χ2v) is 3.56. The molecular weight excluding hydrogens is 216 g/mol. The van der Waals surface area contributed by atoms with E-state index >= 15 is 0 Å². The Hall–Kier alpha value is -1.63. The number of carbonyl (C=O) groups excluding carboxylic acids is 3. The van der Waals surface area contributed by atoms with E-state index < -0.39 is 36.7 Å². The van der Waals surface area contributed by atoms with Crippen LogP contribution < -0.4 is 10.6 Å². The van der Waals surface area contributed by atoms with Gasteiger partial charge in [-0.2, -0.15) is 0 Å². The van der Waals surface area contributed by atoms with E-state index in [-0.39, 0.29) is 5.91 Å². The minimum absolute atomic E-state index is 0.364. The molecule has 7 heteroatoms. The van der Waals surface area contributed by atoms with Crippen molar-refractivity contribution in [1.82, 2.24) is 10.6 Å². The van der Waals surface area contributed by atoms with Gasteiger partial charge in [0.05, 0.1) is 12.6 Å². The zero-order chi connectivity index (χ0) is 12.3. The van der Waals surface area contributed by atoms with Gasteiger partial charge in [0.15, 0.2) is 6.04 Å². The molecule has 90 valence electrons. The maximum Gasteiger partial charge on any atom is 0.331 e. The molecule has 1 aliphatic heterocycles. The SMILES string of the molecule is CC(=O)N[C@H]1[C@@H](CO)OC(=O)[C@@H]1NC(C)=O. The van der Waals surface area contributed by atoms with Crippen LogP contribution in [0.3, 0.4) is 0 Å². The number of aliphatic hydroxyl groups excluding tert-OH is 1. The molecule has 3 N–H and O–H groups in total. The van der Waals surface area contributed by atoms with Gasteiger partial charge >= 0.3 is 5.97 Å². The Labute approximate surface area is 92.1 Å². The molecule has 1 heterocycles. The zero-order valence-corrected chi connectivity index (χ0v) is 9.02. The fourth-order valence-electron chi connectivity index (χ4n) is 1.59. The van der Waals surface area contributed by atoms with Crippen molar-refractivity contribution in [3.63, 3.8) is 0 Å². The van der Waals surface area contributed by atoms with Crippen molar-refractivity contribution in [1.29, 1.82) is 0 Å². The lowest BCUT2D eigenvalue weighted by Crippen LogP contribution is -2.54. The summed E-state index contributed by atoms with van der Waals surface area (Å²) >= 11 is 0. The van der Waals surface area contributed by atoms with Crippen molar-refractivity contribution in [3.05, 3.63) is 0 Å². The summed E-state index contributed by atoms with van der Waals surface area (Å²) in [6, 6.07) is -1.68. The van der Waals surface area contributed by atoms with Crippen LogP contribution in [0.5, 0.6) is 0 Å². The summed E-state index contributed by atoms with van der Waals surface area (Å²) in [5.74, 6) is -1.43. The van der Waals surface area contributed by atoms with Gasteiger partial charge in [-0.1, -0.05) is 0 Å². The van der Waals surface area contributed by atoms with Gasteiger partial charge in [-0.3, -0.25) is 9.59 Å². The summed E-state index contributed by atoms with van der Waals surface area (Å²) in [5, 5.41) is 13.8. The number of rotatable bonds is 3. The molecule has 1 fully saturated rings. The molecule has 16 heavy (non-hydrogen) atoms. The molecule has 0 radical (unpaired) electrons. The largest absolute Gasteiger partial charge is 0.456 e. The number of hydrogen-bond donors (Lipinski definition) is 3. The van der Waals surface area contributed by atoms with Crippen molar-refractivity contribution in [3.8, 4) is 0 Å². The Morgan fingerprint density at radius 2 is 1.88 bits per heavy atom. The summed E-state index contributed by atoms with van der Waals surface area (Å²) in [5.41, 5.74) is 0. The normalized spacial score (nSPS) is 28.4. The number of cyclic esters (lactones) is 1. The number of nitrogens with one attached hydrogen (secondary N) is 2. The van der Waals surface area contributed by atoms with Crippen LogP contribution in [0.4, 0.5) is 0 Å². The molecule has 0 spiro atoms. The van der Waals surface area contributed by atoms with E-state index in [2.05, 4.69) is 10.6 Å². The van der Waals surface area contributed by atoms with Gasteiger partial charge < -0.3 is 20.5 Å². The van der Waals surface area contributed by atoms with Crippen LogP contribution in [-0.4, -0.2) is 47.7 Å². The van der Waals surface area contributed by atoms with E-state index in [4.69, 9.17) is 9.84 Å². The lowest BCUT2D eigenvalue weighted by atomic mass is 10.1. The van der Waals surface area contributed by atoms with E-state index in [1.165, 1.54) is 13.8 Å². The van der Waals surface area contributed by atoms with E-state index in [1.807, 2.05) is 0 Å². The van der Waals surface area contributed by atoms with Gasteiger partial charge in [-0.15, -0.1) is 0 Å². The van der Waals surface area contributed by atoms with Crippen LogP contribution in [0.25, 0.3) is 0 Å². The number of carbonyl (C=O) groups is 3. The highest BCUT2D eigenvalue weighted by atomic mass is 16.6. The monoisotopic (exact) mass is 230 g/mol. The van der Waals surface area contributed by atoms with E-state index in [0.29, 0.717) is 0 Å². The molecular formula is C9H14N2O5. The van der Waals surface area contributed by atoms with Crippen LogP contribution in [0.1, 0.15) is 13.8 Å². The first-order valence-electron chi connectivity index (χ1n) is 4.81. The number of amides is 2. The molecule has 1 aliphatic rings. The van der Waals surface area contributed by atoms with Crippen LogP contribution in [0.15, 0.2) is 0 Å².